The highest BCUT2D eigenvalue weighted by Gasteiger charge is 2.16. The molecule has 0 saturated carbocycles. The van der Waals surface area contributed by atoms with Gasteiger partial charge in [0.15, 0.2) is 5.96 Å². The van der Waals surface area contributed by atoms with E-state index >= 15 is 0 Å². The zero-order chi connectivity index (χ0) is 13.9. The molecule has 0 bridgehead atoms. The quantitative estimate of drug-likeness (QED) is 0.410. The molecule has 0 spiro atoms. The van der Waals surface area contributed by atoms with Crippen LogP contribution in [0.25, 0.3) is 0 Å². The van der Waals surface area contributed by atoms with Crippen LogP contribution in [0, 0.1) is 5.92 Å². The molecule has 1 heterocycles. The van der Waals surface area contributed by atoms with E-state index in [4.69, 9.17) is 4.74 Å². The molecule has 1 aliphatic rings. The van der Waals surface area contributed by atoms with E-state index in [9.17, 15) is 0 Å². The highest BCUT2D eigenvalue weighted by Crippen LogP contribution is 2.15. The Kier molecular flexibility index (Phi) is 8.58. The van der Waals surface area contributed by atoms with E-state index in [-0.39, 0.29) is 0 Å². The van der Waals surface area contributed by atoms with E-state index in [1.165, 1.54) is 25.9 Å². The second-order valence-corrected chi connectivity index (χ2v) is 5.09. The third-order valence-electron chi connectivity index (χ3n) is 3.43. The predicted octanol–water partition coefficient (Wildman–Crippen LogP) is 0.920. The van der Waals surface area contributed by atoms with Gasteiger partial charge in [-0.25, -0.2) is 0 Å². The van der Waals surface area contributed by atoms with Crippen molar-refractivity contribution in [3.8, 4) is 0 Å². The van der Waals surface area contributed by atoms with Crippen LogP contribution in [-0.2, 0) is 4.74 Å². The summed E-state index contributed by atoms with van der Waals surface area (Å²) in [6.45, 7) is 10.6. The molecule has 0 radical (unpaired) electrons. The minimum Gasteiger partial charge on any atom is -0.380 e. The molecule has 5 nitrogen and oxygen atoms in total. The Morgan fingerprint density at radius 1 is 1.26 bits per heavy atom. The van der Waals surface area contributed by atoms with Gasteiger partial charge >= 0.3 is 0 Å². The lowest BCUT2D eigenvalue weighted by molar-refractivity contribution is 0.152. The van der Waals surface area contributed by atoms with Crippen LogP contribution in [0.5, 0.6) is 0 Å². The van der Waals surface area contributed by atoms with Crippen LogP contribution < -0.4 is 10.6 Å². The number of ether oxygens (including phenoxy) is 1. The molecule has 0 aliphatic carbocycles. The van der Waals surface area contributed by atoms with Crippen LogP contribution in [-0.4, -0.2) is 63.8 Å². The van der Waals surface area contributed by atoms with Gasteiger partial charge in [0.2, 0.25) is 0 Å². The van der Waals surface area contributed by atoms with Crippen molar-refractivity contribution < 1.29 is 4.74 Å². The second-order valence-electron chi connectivity index (χ2n) is 5.09. The molecule has 0 atom stereocenters. The number of guanidine groups is 1. The summed E-state index contributed by atoms with van der Waals surface area (Å²) in [5.41, 5.74) is 0. The normalized spacial score (nSPS) is 18.6. The average molecular weight is 270 g/mol. The summed E-state index contributed by atoms with van der Waals surface area (Å²) in [6.07, 6.45) is 2.52. The maximum absolute atomic E-state index is 5.32. The van der Waals surface area contributed by atoms with Gasteiger partial charge in [0.05, 0.1) is 6.61 Å². The highest BCUT2D eigenvalue weighted by molar-refractivity contribution is 5.79. The Morgan fingerprint density at radius 2 is 2.00 bits per heavy atom. The molecular formula is C14H30N4O. The van der Waals surface area contributed by atoms with E-state index in [1.54, 1.807) is 0 Å². The third kappa shape index (κ3) is 7.38. The standard InChI is InChI=1S/C14H30N4O/c1-4-15-14(16-8-11-19-5-2)17-12-13-6-9-18(3)10-7-13/h13H,4-12H2,1-3H3,(H2,15,16,17). The van der Waals surface area contributed by atoms with E-state index in [2.05, 4.69) is 34.5 Å². The molecule has 0 aromatic carbocycles. The van der Waals surface area contributed by atoms with Crippen molar-refractivity contribution in [2.45, 2.75) is 26.7 Å². The molecule has 19 heavy (non-hydrogen) atoms. The summed E-state index contributed by atoms with van der Waals surface area (Å²) in [5.74, 6) is 1.65. The first kappa shape index (κ1) is 16.2. The molecule has 1 rings (SSSR count). The lowest BCUT2D eigenvalue weighted by atomic mass is 9.97. The third-order valence-corrected chi connectivity index (χ3v) is 3.43. The monoisotopic (exact) mass is 270 g/mol. The fourth-order valence-corrected chi connectivity index (χ4v) is 2.19. The van der Waals surface area contributed by atoms with Crippen LogP contribution in [0.15, 0.2) is 4.99 Å². The van der Waals surface area contributed by atoms with E-state index in [1.807, 2.05) is 6.92 Å². The lowest BCUT2D eigenvalue weighted by Gasteiger charge is -2.28. The summed E-state index contributed by atoms with van der Waals surface area (Å²) in [5, 5.41) is 6.59. The zero-order valence-corrected chi connectivity index (χ0v) is 12.7. The minimum absolute atomic E-state index is 0.731. The summed E-state index contributed by atoms with van der Waals surface area (Å²) in [6, 6.07) is 0. The Labute approximate surface area is 117 Å². The molecular weight excluding hydrogens is 240 g/mol. The van der Waals surface area contributed by atoms with E-state index < -0.39 is 0 Å². The predicted molar refractivity (Wildman–Crippen MR) is 80.7 cm³/mol. The van der Waals surface area contributed by atoms with E-state index in [0.29, 0.717) is 0 Å². The maximum atomic E-state index is 5.32. The van der Waals surface area contributed by atoms with Crippen LogP contribution in [0.4, 0.5) is 0 Å². The lowest BCUT2D eigenvalue weighted by Crippen LogP contribution is -2.39. The van der Waals surface area contributed by atoms with Crippen molar-refractivity contribution in [2.75, 3.05) is 53.0 Å². The molecule has 5 heteroatoms. The molecule has 1 fully saturated rings. The molecule has 2 N–H and O–H groups in total. The summed E-state index contributed by atoms with van der Waals surface area (Å²) < 4.78 is 5.32. The number of piperidine rings is 1. The van der Waals surface area contributed by atoms with E-state index in [0.717, 1.165) is 44.7 Å². The number of aliphatic imine (C=N–C) groups is 1. The van der Waals surface area contributed by atoms with Gasteiger partial charge in [0.25, 0.3) is 0 Å². The summed E-state index contributed by atoms with van der Waals surface area (Å²) >= 11 is 0. The number of likely N-dealkylation sites (tertiary alicyclic amines) is 1. The van der Waals surface area contributed by atoms with Gasteiger partial charge in [-0.2, -0.15) is 0 Å². The van der Waals surface area contributed by atoms with Gasteiger partial charge < -0.3 is 20.3 Å². The first-order valence-corrected chi connectivity index (χ1v) is 7.54. The molecule has 1 aliphatic heterocycles. The first-order chi connectivity index (χ1) is 9.26. The van der Waals surface area contributed by atoms with Gasteiger partial charge in [-0.3, -0.25) is 4.99 Å². The number of nitrogens with one attached hydrogen (secondary N) is 2. The van der Waals surface area contributed by atoms with Crippen LogP contribution in [0.3, 0.4) is 0 Å². The average Bonchev–Trinajstić information content (AvgIpc) is 2.42. The SMILES string of the molecule is CCNC(=NCC1CCN(C)CC1)NCCOCC. The number of rotatable bonds is 7. The van der Waals surface area contributed by atoms with Gasteiger partial charge in [0, 0.05) is 26.2 Å². The molecule has 112 valence electrons. The van der Waals surface area contributed by atoms with Crippen molar-refractivity contribution in [1.29, 1.82) is 0 Å². The van der Waals surface area contributed by atoms with Crippen molar-refractivity contribution >= 4 is 5.96 Å². The molecule has 0 unspecified atom stereocenters. The Hall–Kier alpha value is -0.810. The minimum atomic E-state index is 0.731. The fraction of sp³-hybridized carbons (Fsp3) is 0.929. The maximum Gasteiger partial charge on any atom is 0.191 e. The topological polar surface area (TPSA) is 48.9 Å². The van der Waals surface area contributed by atoms with Crippen LogP contribution in [0.2, 0.25) is 0 Å². The van der Waals surface area contributed by atoms with Gasteiger partial charge in [-0.15, -0.1) is 0 Å². The van der Waals surface area contributed by atoms with Gasteiger partial charge in [-0.05, 0) is 52.7 Å². The first-order valence-electron chi connectivity index (χ1n) is 7.54. The molecule has 0 aromatic heterocycles. The second kappa shape index (κ2) is 10.0. The zero-order valence-electron chi connectivity index (χ0n) is 12.7. The number of hydrogen-bond acceptors (Lipinski definition) is 3. The van der Waals surface area contributed by atoms with Crippen molar-refractivity contribution in [1.82, 2.24) is 15.5 Å². The van der Waals surface area contributed by atoms with Gasteiger partial charge in [0.1, 0.15) is 0 Å². The Morgan fingerprint density at radius 3 is 2.63 bits per heavy atom. The fourth-order valence-electron chi connectivity index (χ4n) is 2.19. The van der Waals surface area contributed by atoms with Crippen molar-refractivity contribution in [3.63, 3.8) is 0 Å². The van der Waals surface area contributed by atoms with Gasteiger partial charge in [-0.1, -0.05) is 0 Å². The van der Waals surface area contributed by atoms with Crippen molar-refractivity contribution in [3.05, 3.63) is 0 Å². The molecule has 0 amide bonds. The Bertz CT molecular complexity index is 250. The summed E-state index contributed by atoms with van der Waals surface area (Å²) in [4.78, 5) is 7.07. The molecule has 1 saturated heterocycles. The van der Waals surface area contributed by atoms with Crippen LogP contribution in [0.1, 0.15) is 26.7 Å². The smallest absolute Gasteiger partial charge is 0.191 e. The van der Waals surface area contributed by atoms with Crippen molar-refractivity contribution in [2.24, 2.45) is 10.9 Å². The Balaban J connectivity index is 2.26. The van der Waals surface area contributed by atoms with Crippen LogP contribution >= 0.6 is 0 Å². The number of nitrogens with zero attached hydrogens (tertiary/aromatic N) is 2. The molecule has 0 aromatic rings. The largest absolute Gasteiger partial charge is 0.380 e. The number of hydrogen-bond donors (Lipinski definition) is 2. The highest BCUT2D eigenvalue weighted by atomic mass is 16.5. The summed E-state index contributed by atoms with van der Waals surface area (Å²) in [7, 11) is 2.19.